The molecule has 1 atom stereocenters. The zero-order valence-corrected chi connectivity index (χ0v) is 7.07. The summed E-state index contributed by atoms with van der Waals surface area (Å²) in [5.74, 6) is 0. The molecule has 0 bridgehead atoms. The van der Waals surface area contributed by atoms with E-state index in [9.17, 15) is 0 Å². The minimum absolute atomic E-state index is 0. The molecule has 8 heavy (non-hydrogen) atoms. The monoisotopic (exact) mass is 152 g/mol. The van der Waals surface area contributed by atoms with Gasteiger partial charge in [-0.2, -0.15) is 0 Å². The van der Waals surface area contributed by atoms with E-state index in [0.717, 1.165) is 5.66 Å². The van der Waals surface area contributed by atoms with E-state index >= 15 is 0 Å². The van der Waals surface area contributed by atoms with Gasteiger partial charge < -0.3 is 0 Å². The Morgan fingerprint density at radius 3 is 1.75 bits per heavy atom. The van der Waals surface area contributed by atoms with Crippen molar-refractivity contribution in [3.05, 3.63) is 0 Å². The van der Waals surface area contributed by atoms with Crippen LogP contribution in [0.1, 0.15) is 32.1 Å². The Hall–Kier alpha value is 0.720. The van der Waals surface area contributed by atoms with Crippen LogP contribution in [0.3, 0.4) is 0 Å². The second-order valence-electron chi connectivity index (χ2n) is 2.40. The van der Waals surface area contributed by atoms with Crippen molar-refractivity contribution in [1.29, 1.82) is 0 Å². The maximum absolute atomic E-state index is 2.91. The van der Waals surface area contributed by atoms with Gasteiger partial charge >= 0.3 is 0 Å². The maximum Gasteiger partial charge on any atom is -0.0264 e. The Labute approximate surface area is 60.0 Å². The Morgan fingerprint density at radius 1 is 1.00 bits per heavy atom. The lowest BCUT2D eigenvalue weighted by molar-refractivity contribution is 0.516. The zero-order valence-electron chi connectivity index (χ0n) is 5.10. The van der Waals surface area contributed by atoms with Crippen molar-refractivity contribution in [2.75, 3.05) is 0 Å². The molecule has 0 amide bonds. The van der Waals surface area contributed by atoms with Crippen LogP contribution < -0.4 is 0 Å². The molecule has 1 aliphatic carbocycles. The van der Waals surface area contributed by atoms with E-state index in [1.165, 1.54) is 32.1 Å². The van der Waals surface area contributed by atoms with Gasteiger partial charge in [0.15, 0.2) is 0 Å². The molecule has 1 saturated carbocycles. The van der Waals surface area contributed by atoms with Crippen LogP contribution in [0.2, 0.25) is 0 Å². The van der Waals surface area contributed by atoms with Gasteiger partial charge in [0.1, 0.15) is 0 Å². The van der Waals surface area contributed by atoms with Crippen LogP contribution in [0.4, 0.5) is 0 Å². The highest BCUT2D eigenvalue weighted by atomic mass is 35.5. The molecule has 0 heterocycles. The Kier molecular flexibility index (Phi) is 5.00. The number of hydrogen-bond donors (Lipinski definition) is 0. The third-order valence-corrected chi connectivity index (χ3v) is 2.32. The molecule has 2 heteroatoms. The molecular weight excluding hydrogens is 138 g/mol. The summed E-state index contributed by atoms with van der Waals surface area (Å²) in [7, 11) is 2.91. The van der Waals surface area contributed by atoms with E-state index in [2.05, 4.69) is 9.24 Å². The summed E-state index contributed by atoms with van der Waals surface area (Å²) in [6.07, 6.45) is 7.31. The summed E-state index contributed by atoms with van der Waals surface area (Å²) in [5.41, 5.74) is 0.953. The summed E-state index contributed by atoms with van der Waals surface area (Å²) < 4.78 is 0. The van der Waals surface area contributed by atoms with Gasteiger partial charge in [-0.15, -0.1) is 21.6 Å². The second kappa shape index (κ2) is 4.58. The van der Waals surface area contributed by atoms with Crippen LogP contribution in [0.15, 0.2) is 0 Å². The average molecular weight is 153 g/mol. The van der Waals surface area contributed by atoms with Gasteiger partial charge in [0.2, 0.25) is 0 Å². The average Bonchev–Trinajstić information content (AvgIpc) is 1.69. The van der Waals surface area contributed by atoms with Crippen LogP contribution in [-0.2, 0) is 0 Å². The van der Waals surface area contributed by atoms with Crippen LogP contribution >= 0.6 is 21.6 Å². The predicted octanol–water partition coefficient (Wildman–Crippen LogP) is 2.62. The van der Waals surface area contributed by atoms with Crippen molar-refractivity contribution in [2.45, 2.75) is 37.8 Å². The number of rotatable bonds is 0. The Morgan fingerprint density at radius 2 is 1.50 bits per heavy atom. The summed E-state index contributed by atoms with van der Waals surface area (Å²) in [6, 6.07) is 0. The third-order valence-electron chi connectivity index (χ3n) is 1.65. The minimum atomic E-state index is 0. The first-order chi connectivity index (χ1) is 3.39. The fraction of sp³-hybridized carbons (Fsp3) is 1.00. The summed E-state index contributed by atoms with van der Waals surface area (Å²) in [4.78, 5) is 0. The molecule has 0 nitrogen and oxygen atoms in total. The molecule has 1 aliphatic rings. The minimum Gasteiger partial charge on any atom is -0.147 e. The molecule has 1 fully saturated rings. The van der Waals surface area contributed by atoms with Crippen molar-refractivity contribution in [1.82, 2.24) is 0 Å². The first-order valence-electron chi connectivity index (χ1n) is 3.15. The van der Waals surface area contributed by atoms with Crippen molar-refractivity contribution in [3.8, 4) is 0 Å². The van der Waals surface area contributed by atoms with E-state index in [0.29, 0.717) is 0 Å². The van der Waals surface area contributed by atoms with Gasteiger partial charge in [-0.1, -0.05) is 19.3 Å². The first-order valence-corrected chi connectivity index (χ1v) is 3.82. The molecule has 0 aliphatic heterocycles. The van der Waals surface area contributed by atoms with Gasteiger partial charge in [0.05, 0.1) is 0 Å². The van der Waals surface area contributed by atoms with Gasteiger partial charge in [-0.3, -0.25) is 0 Å². The lowest BCUT2D eigenvalue weighted by atomic mass is 10.0. The van der Waals surface area contributed by atoms with Crippen LogP contribution in [-0.4, -0.2) is 5.66 Å². The van der Waals surface area contributed by atoms with Crippen molar-refractivity contribution in [2.24, 2.45) is 0 Å². The van der Waals surface area contributed by atoms with Crippen molar-refractivity contribution in [3.63, 3.8) is 0 Å². The highest BCUT2D eigenvalue weighted by Gasteiger charge is 2.06. The molecule has 0 aromatic heterocycles. The lowest BCUT2D eigenvalue weighted by Crippen LogP contribution is -2.02. The lowest BCUT2D eigenvalue weighted by Gasteiger charge is -2.15. The van der Waals surface area contributed by atoms with Crippen LogP contribution in [0, 0.1) is 0 Å². The van der Waals surface area contributed by atoms with Crippen LogP contribution in [0.25, 0.3) is 0 Å². The molecule has 0 aromatic carbocycles. The fourth-order valence-corrected chi connectivity index (χ4v) is 1.61. The van der Waals surface area contributed by atoms with Crippen LogP contribution in [0.5, 0.6) is 0 Å². The maximum atomic E-state index is 2.91. The SMILES string of the molecule is Cl.PC1CCCCC1. The highest BCUT2D eigenvalue weighted by Crippen LogP contribution is 2.23. The van der Waals surface area contributed by atoms with E-state index < -0.39 is 0 Å². The van der Waals surface area contributed by atoms with Gasteiger partial charge in [-0.25, -0.2) is 0 Å². The molecule has 0 saturated heterocycles. The fourth-order valence-electron chi connectivity index (χ4n) is 1.13. The second-order valence-corrected chi connectivity index (χ2v) is 3.34. The number of halogens is 1. The first kappa shape index (κ1) is 8.72. The Bertz CT molecular complexity index is 50.5. The molecule has 0 radical (unpaired) electrons. The van der Waals surface area contributed by atoms with Gasteiger partial charge in [0, 0.05) is 0 Å². The molecular formula is C6H14ClP. The molecule has 1 rings (SSSR count). The standard InChI is InChI=1S/C6H13P.ClH/c7-6-4-2-1-3-5-6;/h6H,1-5,7H2;1H. The predicted molar refractivity (Wildman–Crippen MR) is 43.8 cm³/mol. The largest absolute Gasteiger partial charge is 0.147 e. The quantitative estimate of drug-likeness (QED) is 0.468. The smallest absolute Gasteiger partial charge is 0.0264 e. The van der Waals surface area contributed by atoms with Crippen molar-refractivity contribution < 1.29 is 0 Å². The summed E-state index contributed by atoms with van der Waals surface area (Å²) in [6.45, 7) is 0. The zero-order chi connectivity index (χ0) is 5.11. The summed E-state index contributed by atoms with van der Waals surface area (Å²) >= 11 is 0. The normalized spacial score (nSPS) is 22.1. The van der Waals surface area contributed by atoms with E-state index in [1.807, 2.05) is 0 Å². The van der Waals surface area contributed by atoms with Gasteiger partial charge in [0.25, 0.3) is 0 Å². The highest BCUT2D eigenvalue weighted by molar-refractivity contribution is 7.17. The van der Waals surface area contributed by atoms with E-state index in [1.54, 1.807) is 0 Å². The van der Waals surface area contributed by atoms with E-state index in [-0.39, 0.29) is 12.4 Å². The third kappa shape index (κ3) is 2.89. The molecule has 0 N–H and O–H groups in total. The van der Waals surface area contributed by atoms with Crippen molar-refractivity contribution >= 4 is 21.6 Å². The molecule has 50 valence electrons. The molecule has 0 spiro atoms. The Balaban J connectivity index is 0.000000490. The summed E-state index contributed by atoms with van der Waals surface area (Å²) in [5, 5.41) is 0. The number of hydrogen-bond acceptors (Lipinski definition) is 0. The topological polar surface area (TPSA) is 0 Å². The van der Waals surface area contributed by atoms with Gasteiger partial charge in [-0.05, 0) is 18.5 Å². The van der Waals surface area contributed by atoms with E-state index in [4.69, 9.17) is 0 Å². The molecule has 1 unspecified atom stereocenters. The molecule has 0 aromatic rings.